The van der Waals surface area contributed by atoms with Crippen molar-refractivity contribution in [3.8, 4) is 11.5 Å². The highest BCUT2D eigenvalue weighted by molar-refractivity contribution is 9.10. The molecule has 0 aliphatic rings. The number of fused-ring (bicyclic) bond motifs is 1. The highest BCUT2D eigenvalue weighted by Crippen LogP contribution is 2.34. The molecule has 0 radical (unpaired) electrons. The summed E-state index contributed by atoms with van der Waals surface area (Å²) in [7, 11) is 0. The Morgan fingerprint density at radius 3 is 2.41 bits per heavy atom. The Labute approximate surface area is 257 Å². The molecule has 0 spiro atoms. The third kappa shape index (κ3) is 5.87. The van der Waals surface area contributed by atoms with Crippen molar-refractivity contribution in [2.75, 3.05) is 5.32 Å². The molecule has 0 saturated carbocycles. The van der Waals surface area contributed by atoms with Crippen LogP contribution in [0.4, 0.5) is 11.4 Å². The summed E-state index contributed by atoms with van der Waals surface area (Å²) in [5.41, 5.74) is 3.33. The zero-order valence-electron chi connectivity index (χ0n) is 21.1. The van der Waals surface area contributed by atoms with Gasteiger partial charge in [0, 0.05) is 27.2 Å². The van der Waals surface area contributed by atoms with E-state index in [1.54, 1.807) is 53.1 Å². The summed E-state index contributed by atoms with van der Waals surface area (Å²) in [6, 6.07) is 25.5. The standard InChI is InChI=1S/C30H19BrCl3N5O2/c31-19-10-13-25-21(15-19)30(40)39(16-27-37-38-29(41-27)17-8-11-20(32)12-9-17)26(35-25)14-18-4-1-2-7-24(18)36-28-22(33)5-3-6-23(28)34/h1-13,15,36H,14,16H2. The second-order valence-corrected chi connectivity index (χ2v) is 11.3. The van der Waals surface area contributed by atoms with Crippen LogP contribution in [0.2, 0.25) is 15.1 Å². The monoisotopic (exact) mass is 665 g/mol. The Bertz CT molecular complexity index is 1940. The number of nitrogens with one attached hydrogen (secondary N) is 1. The molecule has 0 saturated heterocycles. The molecule has 4 aromatic carbocycles. The average Bonchev–Trinajstić information content (AvgIpc) is 3.43. The molecule has 6 rings (SSSR count). The molecule has 0 aliphatic heterocycles. The molecule has 6 aromatic rings. The predicted octanol–water partition coefficient (Wildman–Crippen LogP) is 8.55. The number of anilines is 2. The van der Waals surface area contributed by atoms with Gasteiger partial charge in [-0.1, -0.05) is 75.0 Å². The van der Waals surface area contributed by atoms with Gasteiger partial charge in [-0.05, 0) is 66.2 Å². The number of halogens is 4. The summed E-state index contributed by atoms with van der Waals surface area (Å²) >= 11 is 22.3. The Kier molecular flexibility index (Phi) is 7.81. The maximum absolute atomic E-state index is 13.8. The second kappa shape index (κ2) is 11.7. The van der Waals surface area contributed by atoms with E-state index in [2.05, 4.69) is 31.4 Å². The molecular weight excluding hydrogens is 649 g/mol. The summed E-state index contributed by atoms with van der Waals surface area (Å²) < 4.78 is 8.27. The fourth-order valence-corrected chi connectivity index (χ4v) is 5.40. The largest absolute Gasteiger partial charge is 0.419 e. The number of rotatable bonds is 7. The molecule has 0 aliphatic carbocycles. The van der Waals surface area contributed by atoms with Crippen molar-refractivity contribution in [3.63, 3.8) is 0 Å². The van der Waals surface area contributed by atoms with Crippen LogP contribution in [0.25, 0.3) is 22.4 Å². The van der Waals surface area contributed by atoms with Crippen LogP contribution in [0.5, 0.6) is 0 Å². The number of para-hydroxylation sites is 2. The number of benzene rings is 4. The number of hydrogen-bond acceptors (Lipinski definition) is 6. The molecule has 11 heteroatoms. The maximum Gasteiger partial charge on any atom is 0.261 e. The van der Waals surface area contributed by atoms with Gasteiger partial charge in [-0.2, -0.15) is 0 Å². The summed E-state index contributed by atoms with van der Waals surface area (Å²) in [5, 5.41) is 13.8. The van der Waals surface area contributed by atoms with Gasteiger partial charge in [0.15, 0.2) is 0 Å². The van der Waals surface area contributed by atoms with Gasteiger partial charge in [0.05, 0.1) is 26.6 Å². The molecular formula is C30H19BrCl3N5O2. The normalized spacial score (nSPS) is 11.2. The van der Waals surface area contributed by atoms with Crippen molar-refractivity contribution in [3.05, 3.63) is 132 Å². The fourth-order valence-electron chi connectivity index (χ4n) is 4.42. The Morgan fingerprint density at radius 2 is 1.63 bits per heavy atom. The summed E-state index contributed by atoms with van der Waals surface area (Å²) in [6.45, 7) is 0.0378. The molecule has 204 valence electrons. The fraction of sp³-hybridized carbons (Fsp3) is 0.0667. The first-order chi connectivity index (χ1) is 19.9. The average molecular weight is 668 g/mol. The third-order valence-electron chi connectivity index (χ3n) is 6.43. The van der Waals surface area contributed by atoms with Gasteiger partial charge in [-0.3, -0.25) is 9.36 Å². The molecule has 1 N–H and O–H groups in total. The summed E-state index contributed by atoms with van der Waals surface area (Å²) in [5.74, 6) is 1.12. The van der Waals surface area contributed by atoms with Crippen LogP contribution in [0, 0.1) is 0 Å². The van der Waals surface area contributed by atoms with E-state index in [1.165, 1.54) is 0 Å². The SMILES string of the molecule is O=c1c2cc(Br)ccc2nc(Cc2ccccc2Nc2c(Cl)cccc2Cl)n1Cc1nnc(-c2ccc(Cl)cc2)o1. The predicted molar refractivity (Wildman–Crippen MR) is 167 cm³/mol. The Morgan fingerprint density at radius 1 is 0.878 bits per heavy atom. The molecule has 0 amide bonds. The number of nitrogens with zero attached hydrogens (tertiary/aromatic N) is 4. The van der Waals surface area contributed by atoms with E-state index >= 15 is 0 Å². The van der Waals surface area contributed by atoms with Crippen LogP contribution in [0.1, 0.15) is 17.3 Å². The van der Waals surface area contributed by atoms with E-state index in [1.807, 2.05) is 36.4 Å². The van der Waals surface area contributed by atoms with Crippen molar-refractivity contribution < 1.29 is 4.42 Å². The van der Waals surface area contributed by atoms with E-state index in [0.29, 0.717) is 49.8 Å². The summed E-state index contributed by atoms with van der Waals surface area (Å²) in [4.78, 5) is 18.7. The molecule has 0 fully saturated rings. The van der Waals surface area contributed by atoms with E-state index in [9.17, 15) is 4.79 Å². The van der Waals surface area contributed by atoms with Gasteiger partial charge in [0.25, 0.3) is 5.56 Å². The van der Waals surface area contributed by atoms with E-state index in [-0.39, 0.29) is 18.0 Å². The van der Waals surface area contributed by atoms with E-state index < -0.39 is 0 Å². The van der Waals surface area contributed by atoms with Gasteiger partial charge in [-0.25, -0.2) is 4.98 Å². The van der Waals surface area contributed by atoms with Crippen LogP contribution in [-0.2, 0) is 13.0 Å². The molecule has 0 unspecified atom stereocenters. The van der Waals surface area contributed by atoms with Gasteiger partial charge < -0.3 is 9.73 Å². The molecule has 0 bridgehead atoms. The smallest absolute Gasteiger partial charge is 0.261 e. The van der Waals surface area contributed by atoms with Crippen molar-refractivity contribution >= 4 is 73.0 Å². The Hall–Kier alpha value is -3.69. The quantitative estimate of drug-likeness (QED) is 0.184. The van der Waals surface area contributed by atoms with Gasteiger partial charge in [0.2, 0.25) is 11.8 Å². The number of hydrogen-bond donors (Lipinski definition) is 1. The molecule has 2 aromatic heterocycles. The van der Waals surface area contributed by atoms with Crippen LogP contribution in [0.3, 0.4) is 0 Å². The lowest BCUT2D eigenvalue weighted by atomic mass is 10.1. The lowest BCUT2D eigenvalue weighted by Crippen LogP contribution is -2.26. The first kappa shape index (κ1) is 27.5. The third-order valence-corrected chi connectivity index (χ3v) is 7.81. The zero-order valence-corrected chi connectivity index (χ0v) is 25.0. The van der Waals surface area contributed by atoms with Crippen molar-refractivity contribution in [2.45, 2.75) is 13.0 Å². The zero-order chi connectivity index (χ0) is 28.5. The molecule has 41 heavy (non-hydrogen) atoms. The highest BCUT2D eigenvalue weighted by Gasteiger charge is 2.18. The van der Waals surface area contributed by atoms with E-state index in [4.69, 9.17) is 44.2 Å². The maximum atomic E-state index is 13.8. The van der Waals surface area contributed by atoms with Gasteiger partial charge >= 0.3 is 0 Å². The van der Waals surface area contributed by atoms with Crippen molar-refractivity contribution in [2.24, 2.45) is 0 Å². The van der Waals surface area contributed by atoms with Gasteiger partial charge in [0.1, 0.15) is 12.4 Å². The Balaban J connectivity index is 1.41. The first-order valence-electron chi connectivity index (χ1n) is 12.4. The van der Waals surface area contributed by atoms with E-state index in [0.717, 1.165) is 21.3 Å². The molecule has 0 atom stereocenters. The lowest BCUT2D eigenvalue weighted by molar-refractivity contribution is 0.478. The van der Waals surface area contributed by atoms with Crippen LogP contribution < -0.4 is 10.9 Å². The minimum Gasteiger partial charge on any atom is -0.419 e. The topological polar surface area (TPSA) is 85.8 Å². The highest BCUT2D eigenvalue weighted by atomic mass is 79.9. The first-order valence-corrected chi connectivity index (χ1v) is 14.3. The molecule has 7 nitrogen and oxygen atoms in total. The van der Waals surface area contributed by atoms with Crippen molar-refractivity contribution in [1.82, 2.24) is 19.7 Å². The van der Waals surface area contributed by atoms with Crippen molar-refractivity contribution in [1.29, 1.82) is 0 Å². The van der Waals surface area contributed by atoms with Crippen LogP contribution in [0.15, 0.2) is 98.6 Å². The number of aromatic nitrogens is 4. The van der Waals surface area contributed by atoms with Crippen LogP contribution >= 0.6 is 50.7 Å². The van der Waals surface area contributed by atoms with Gasteiger partial charge in [-0.15, -0.1) is 10.2 Å². The minimum absolute atomic E-state index is 0.0378. The van der Waals surface area contributed by atoms with Crippen LogP contribution in [-0.4, -0.2) is 19.7 Å². The lowest BCUT2D eigenvalue weighted by Gasteiger charge is -2.16. The second-order valence-electron chi connectivity index (χ2n) is 9.14. The summed E-state index contributed by atoms with van der Waals surface area (Å²) in [6.07, 6.45) is 0.324. The minimum atomic E-state index is -0.225. The molecule has 2 heterocycles.